The summed E-state index contributed by atoms with van der Waals surface area (Å²) in [6.07, 6.45) is 0. The molecule has 18 heavy (non-hydrogen) atoms. The van der Waals surface area contributed by atoms with E-state index in [-0.39, 0.29) is 0 Å². The van der Waals surface area contributed by atoms with Crippen LogP contribution in [0.25, 0.3) is 10.6 Å². The van der Waals surface area contributed by atoms with E-state index < -0.39 is 18.5 Å². The van der Waals surface area contributed by atoms with Crippen LogP contribution in [0.5, 0.6) is 0 Å². The van der Waals surface area contributed by atoms with Gasteiger partial charge in [0.05, 0.1) is 5.69 Å². The summed E-state index contributed by atoms with van der Waals surface area (Å²) in [5, 5.41) is 4.66. The SMILES string of the molecule is Cc1nc(-c2ccsc2)sc1C(=O)OCC(N)=O. The van der Waals surface area contributed by atoms with Gasteiger partial charge in [0.15, 0.2) is 6.61 Å². The molecule has 0 aliphatic rings. The van der Waals surface area contributed by atoms with Gasteiger partial charge in [-0.25, -0.2) is 9.78 Å². The van der Waals surface area contributed by atoms with Crippen molar-refractivity contribution in [3.05, 3.63) is 27.4 Å². The number of primary amides is 1. The lowest BCUT2D eigenvalue weighted by atomic mass is 10.3. The highest BCUT2D eigenvalue weighted by molar-refractivity contribution is 7.17. The van der Waals surface area contributed by atoms with Gasteiger partial charge in [0.25, 0.3) is 5.91 Å². The molecule has 2 aromatic heterocycles. The molecule has 7 heteroatoms. The quantitative estimate of drug-likeness (QED) is 0.867. The number of carbonyl (C=O) groups is 2. The van der Waals surface area contributed by atoms with Crippen LogP contribution in [-0.2, 0) is 9.53 Å². The summed E-state index contributed by atoms with van der Waals surface area (Å²) in [5.41, 5.74) is 6.48. The molecule has 0 aliphatic carbocycles. The van der Waals surface area contributed by atoms with E-state index in [1.807, 2.05) is 16.8 Å². The van der Waals surface area contributed by atoms with Crippen molar-refractivity contribution in [1.29, 1.82) is 0 Å². The molecular weight excluding hydrogens is 272 g/mol. The Morgan fingerprint density at radius 3 is 2.89 bits per heavy atom. The van der Waals surface area contributed by atoms with Gasteiger partial charge in [0, 0.05) is 10.9 Å². The van der Waals surface area contributed by atoms with Crippen LogP contribution in [-0.4, -0.2) is 23.5 Å². The van der Waals surface area contributed by atoms with E-state index in [9.17, 15) is 9.59 Å². The maximum atomic E-state index is 11.7. The first-order chi connectivity index (χ1) is 8.58. The standard InChI is InChI=1S/C11H10N2O3S2/c1-6-9(11(15)16-4-8(12)14)18-10(13-6)7-2-3-17-5-7/h2-3,5H,4H2,1H3,(H2,12,14). The fourth-order valence-electron chi connectivity index (χ4n) is 1.30. The first-order valence-corrected chi connectivity index (χ1v) is 6.79. The third kappa shape index (κ3) is 2.74. The largest absolute Gasteiger partial charge is 0.451 e. The molecule has 0 unspecified atom stereocenters. The first-order valence-electron chi connectivity index (χ1n) is 5.03. The average molecular weight is 282 g/mol. The Kier molecular flexibility index (Phi) is 3.73. The Labute approximate surface area is 111 Å². The number of rotatable bonds is 4. The van der Waals surface area contributed by atoms with E-state index in [4.69, 9.17) is 10.5 Å². The summed E-state index contributed by atoms with van der Waals surface area (Å²) in [7, 11) is 0. The lowest BCUT2D eigenvalue weighted by Gasteiger charge is -1.99. The molecule has 5 nitrogen and oxygen atoms in total. The molecule has 0 bridgehead atoms. The number of ether oxygens (including phenoxy) is 1. The van der Waals surface area contributed by atoms with Gasteiger partial charge in [-0.15, -0.1) is 11.3 Å². The van der Waals surface area contributed by atoms with Crippen molar-refractivity contribution in [2.45, 2.75) is 6.92 Å². The summed E-state index contributed by atoms with van der Waals surface area (Å²) in [4.78, 5) is 27.0. The van der Waals surface area contributed by atoms with Crippen molar-refractivity contribution >= 4 is 34.6 Å². The summed E-state index contributed by atoms with van der Waals surface area (Å²) in [6, 6.07) is 1.93. The summed E-state index contributed by atoms with van der Waals surface area (Å²) in [6.45, 7) is 1.32. The number of hydrogen-bond acceptors (Lipinski definition) is 6. The van der Waals surface area contributed by atoms with Crippen LogP contribution >= 0.6 is 22.7 Å². The van der Waals surface area contributed by atoms with Crippen molar-refractivity contribution in [3.63, 3.8) is 0 Å². The second kappa shape index (κ2) is 5.28. The number of esters is 1. The molecule has 0 aliphatic heterocycles. The second-order valence-corrected chi connectivity index (χ2v) is 5.27. The Hall–Kier alpha value is -1.73. The average Bonchev–Trinajstić information content (AvgIpc) is 2.94. The van der Waals surface area contributed by atoms with Crippen LogP contribution in [0, 0.1) is 6.92 Å². The molecule has 2 heterocycles. The van der Waals surface area contributed by atoms with Crippen molar-refractivity contribution in [2.75, 3.05) is 6.61 Å². The molecule has 0 saturated heterocycles. The molecule has 0 radical (unpaired) electrons. The van der Waals surface area contributed by atoms with Gasteiger partial charge in [-0.3, -0.25) is 4.79 Å². The van der Waals surface area contributed by atoms with Crippen molar-refractivity contribution in [2.24, 2.45) is 5.73 Å². The van der Waals surface area contributed by atoms with Gasteiger partial charge in [-0.1, -0.05) is 0 Å². The van der Waals surface area contributed by atoms with Gasteiger partial charge in [0.1, 0.15) is 9.88 Å². The van der Waals surface area contributed by atoms with E-state index in [1.165, 1.54) is 11.3 Å². The fourth-order valence-corrected chi connectivity index (χ4v) is 2.97. The highest BCUT2D eigenvalue weighted by Crippen LogP contribution is 2.29. The smallest absolute Gasteiger partial charge is 0.350 e. The third-order valence-corrected chi connectivity index (χ3v) is 3.97. The molecule has 2 aromatic rings. The fraction of sp³-hybridized carbons (Fsp3) is 0.182. The topological polar surface area (TPSA) is 82.3 Å². The summed E-state index contributed by atoms with van der Waals surface area (Å²) >= 11 is 2.81. The lowest BCUT2D eigenvalue weighted by Crippen LogP contribution is -2.20. The predicted octanol–water partition coefficient (Wildman–Crippen LogP) is 1.82. The monoisotopic (exact) mass is 282 g/mol. The van der Waals surface area contributed by atoms with Gasteiger partial charge in [-0.05, 0) is 18.4 Å². The third-order valence-electron chi connectivity index (χ3n) is 2.10. The maximum Gasteiger partial charge on any atom is 0.350 e. The van der Waals surface area contributed by atoms with Crippen LogP contribution in [0.15, 0.2) is 16.8 Å². The number of aryl methyl sites for hydroxylation is 1. The Morgan fingerprint density at radius 1 is 1.50 bits per heavy atom. The zero-order valence-corrected chi connectivity index (χ0v) is 11.1. The highest BCUT2D eigenvalue weighted by Gasteiger charge is 2.18. The zero-order chi connectivity index (χ0) is 13.1. The second-order valence-electron chi connectivity index (χ2n) is 3.49. The molecule has 2 N–H and O–H groups in total. The minimum Gasteiger partial charge on any atom is -0.451 e. The summed E-state index contributed by atoms with van der Waals surface area (Å²) in [5.74, 6) is -1.24. The first kappa shape index (κ1) is 12.7. The van der Waals surface area contributed by atoms with Gasteiger partial charge in [-0.2, -0.15) is 11.3 Å². The number of aromatic nitrogens is 1. The van der Waals surface area contributed by atoms with Gasteiger partial charge in [0.2, 0.25) is 0 Å². The zero-order valence-electron chi connectivity index (χ0n) is 9.50. The van der Waals surface area contributed by atoms with Crippen LogP contribution in [0.1, 0.15) is 15.4 Å². The van der Waals surface area contributed by atoms with Crippen molar-refractivity contribution in [1.82, 2.24) is 4.98 Å². The van der Waals surface area contributed by atoms with Crippen molar-refractivity contribution < 1.29 is 14.3 Å². The molecule has 0 fully saturated rings. The van der Waals surface area contributed by atoms with Crippen LogP contribution in [0.4, 0.5) is 0 Å². The van der Waals surface area contributed by atoms with E-state index in [2.05, 4.69) is 4.98 Å². The van der Waals surface area contributed by atoms with Crippen LogP contribution < -0.4 is 5.73 Å². The van der Waals surface area contributed by atoms with E-state index >= 15 is 0 Å². The number of nitrogens with zero attached hydrogens (tertiary/aromatic N) is 1. The van der Waals surface area contributed by atoms with E-state index in [0.29, 0.717) is 10.6 Å². The Bertz CT molecular complexity index is 575. The number of hydrogen-bond donors (Lipinski definition) is 1. The molecule has 2 rings (SSSR count). The molecule has 0 aromatic carbocycles. The number of nitrogens with two attached hydrogens (primary N) is 1. The molecule has 0 spiro atoms. The number of carbonyl (C=O) groups excluding carboxylic acids is 2. The minimum absolute atomic E-state index is 0.400. The highest BCUT2D eigenvalue weighted by atomic mass is 32.1. The number of amides is 1. The summed E-state index contributed by atoms with van der Waals surface area (Å²) < 4.78 is 4.76. The maximum absolute atomic E-state index is 11.7. The van der Waals surface area contributed by atoms with Gasteiger partial charge < -0.3 is 10.5 Å². The van der Waals surface area contributed by atoms with Crippen LogP contribution in [0.3, 0.4) is 0 Å². The molecular formula is C11H10N2O3S2. The molecule has 0 atom stereocenters. The number of thiazole rings is 1. The van der Waals surface area contributed by atoms with E-state index in [0.717, 1.165) is 10.6 Å². The Balaban J connectivity index is 2.19. The van der Waals surface area contributed by atoms with Gasteiger partial charge >= 0.3 is 5.97 Å². The molecule has 94 valence electrons. The van der Waals surface area contributed by atoms with E-state index in [1.54, 1.807) is 18.3 Å². The lowest BCUT2D eigenvalue weighted by molar-refractivity contribution is -0.121. The number of thiophene rings is 1. The van der Waals surface area contributed by atoms with Crippen LogP contribution in [0.2, 0.25) is 0 Å². The molecule has 1 amide bonds. The predicted molar refractivity (Wildman–Crippen MR) is 69.6 cm³/mol. The van der Waals surface area contributed by atoms with Crippen molar-refractivity contribution in [3.8, 4) is 10.6 Å². The minimum atomic E-state index is -0.677. The molecule has 0 saturated carbocycles. The normalized spacial score (nSPS) is 10.3. The Morgan fingerprint density at radius 2 is 2.28 bits per heavy atom.